The zero-order valence-electron chi connectivity index (χ0n) is 5.85. The highest BCUT2D eigenvalue weighted by Gasteiger charge is 2.49. The summed E-state index contributed by atoms with van der Waals surface area (Å²) >= 11 is 0. The lowest BCUT2D eigenvalue weighted by Gasteiger charge is -2.41. The largest absolute Gasteiger partial charge is 0.464 e. The van der Waals surface area contributed by atoms with Gasteiger partial charge in [0.2, 0.25) is 0 Å². The quantitative estimate of drug-likeness (QED) is 0.479. The maximum atomic E-state index is 11.0. The average Bonchev–Trinajstić information content (AvgIpc) is 2.04. The SMILES string of the molecule is O=C1OCC12CCNCC2. The lowest BCUT2D eigenvalue weighted by molar-refractivity contribution is -0.188. The molecule has 0 atom stereocenters. The third-order valence-electron chi connectivity index (χ3n) is 2.47. The molecule has 2 saturated heterocycles. The molecule has 2 fully saturated rings. The highest BCUT2D eigenvalue weighted by Crippen LogP contribution is 2.37. The molecule has 2 aliphatic rings. The number of rotatable bonds is 0. The van der Waals surface area contributed by atoms with E-state index in [-0.39, 0.29) is 11.4 Å². The van der Waals surface area contributed by atoms with Crippen molar-refractivity contribution in [3.05, 3.63) is 0 Å². The first-order valence-electron chi connectivity index (χ1n) is 3.71. The Balaban J connectivity index is 2.06. The molecule has 0 aliphatic carbocycles. The van der Waals surface area contributed by atoms with Gasteiger partial charge in [-0.15, -0.1) is 0 Å². The first-order valence-corrected chi connectivity index (χ1v) is 3.71. The number of nitrogens with one attached hydrogen (secondary N) is 1. The minimum Gasteiger partial charge on any atom is -0.464 e. The van der Waals surface area contributed by atoms with Gasteiger partial charge in [0.15, 0.2) is 0 Å². The number of carbonyl (C=O) groups is 1. The third-order valence-corrected chi connectivity index (χ3v) is 2.47. The molecule has 0 aromatic heterocycles. The molecule has 0 aromatic carbocycles. The van der Waals surface area contributed by atoms with E-state index >= 15 is 0 Å². The fourth-order valence-corrected chi connectivity index (χ4v) is 1.59. The van der Waals surface area contributed by atoms with Crippen LogP contribution < -0.4 is 5.32 Å². The molecule has 0 saturated carbocycles. The number of piperidine rings is 1. The summed E-state index contributed by atoms with van der Waals surface area (Å²) in [5.41, 5.74) is -0.0642. The summed E-state index contributed by atoms with van der Waals surface area (Å²) in [7, 11) is 0. The zero-order valence-corrected chi connectivity index (χ0v) is 5.85. The molecule has 2 heterocycles. The minimum absolute atomic E-state index is 0.0222. The van der Waals surface area contributed by atoms with Crippen LogP contribution in [-0.2, 0) is 9.53 Å². The van der Waals surface area contributed by atoms with Crippen molar-refractivity contribution in [2.24, 2.45) is 5.41 Å². The molecule has 3 nitrogen and oxygen atoms in total. The minimum atomic E-state index is -0.0642. The van der Waals surface area contributed by atoms with E-state index in [1.54, 1.807) is 0 Å². The summed E-state index contributed by atoms with van der Waals surface area (Å²) in [4.78, 5) is 11.0. The fraction of sp³-hybridized carbons (Fsp3) is 0.857. The van der Waals surface area contributed by atoms with E-state index in [0.29, 0.717) is 6.61 Å². The summed E-state index contributed by atoms with van der Waals surface area (Å²) in [6.45, 7) is 2.59. The standard InChI is InChI=1S/C7H11NO2/c9-6-7(5-10-6)1-3-8-4-2-7/h8H,1-5H2. The molecule has 10 heavy (non-hydrogen) atoms. The van der Waals surface area contributed by atoms with Crippen molar-refractivity contribution >= 4 is 5.97 Å². The molecule has 1 spiro atoms. The number of ether oxygens (including phenoxy) is 1. The maximum absolute atomic E-state index is 11.0. The van der Waals surface area contributed by atoms with Crippen LogP contribution in [0.1, 0.15) is 12.8 Å². The summed E-state index contributed by atoms with van der Waals surface area (Å²) in [5, 5.41) is 3.22. The van der Waals surface area contributed by atoms with E-state index in [0.717, 1.165) is 25.9 Å². The highest BCUT2D eigenvalue weighted by molar-refractivity contribution is 5.81. The van der Waals surface area contributed by atoms with Crippen LogP contribution in [-0.4, -0.2) is 25.7 Å². The second-order valence-electron chi connectivity index (χ2n) is 3.11. The van der Waals surface area contributed by atoms with Gasteiger partial charge in [0.1, 0.15) is 12.0 Å². The monoisotopic (exact) mass is 141 g/mol. The second kappa shape index (κ2) is 1.95. The Hall–Kier alpha value is -0.570. The van der Waals surface area contributed by atoms with Crippen molar-refractivity contribution in [3.63, 3.8) is 0 Å². The molecule has 0 amide bonds. The predicted molar refractivity (Wildman–Crippen MR) is 35.5 cm³/mol. The Morgan fingerprint density at radius 1 is 1.40 bits per heavy atom. The van der Waals surface area contributed by atoms with Gasteiger partial charge in [0.25, 0.3) is 0 Å². The lowest BCUT2D eigenvalue weighted by atomic mass is 9.76. The smallest absolute Gasteiger partial charge is 0.315 e. The highest BCUT2D eigenvalue weighted by atomic mass is 16.6. The van der Waals surface area contributed by atoms with Crippen molar-refractivity contribution in [1.29, 1.82) is 0 Å². The zero-order chi connectivity index (χ0) is 7.03. The molecule has 0 radical (unpaired) electrons. The number of carbonyl (C=O) groups excluding carboxylic acids is 1. The molecular weight excluding hydrogens is 130 g/mol. The van der Waals surface area contributed by atoms with Crippen molar-refractivity contribution in [3.8, 4) is 0 Å². The molecular formula is C7H11NO2. The number of hydrogen-bond acceptors (Lipinski definition) is 3. The van der Waals surface area contributed by atoms with Crippen molar-refractivity contribution in [2.75, 3.05) is 19.7 Å². The summed E-state index contributed by atoms with van der Waals surface area (Å²) < 4.78 is 4.76. The molecule has 0 bridgehead atoms. The molecule has 0 unspecified atom stereocenters. The van der Waals surface area contributed by atoms with E-state index in [2.05, 4.69) is 5.32 Å². The van der Waals surface area contributed by atoms with Gasteiger partial charge in [-0.1, -0.05) is 0 Å². The Labute approximate surface area is 59.7 Å². The predicted octanol–water partition coefficient (Wildman–Crippen LogP) is -0.0870. The van der Waals surface area contributed by atoms with Crippen LogP contribution in [0.2, 0.25) is 0 Å². The summed E-state index contributed by atoms with van der Waals surface area (Å²) in [6.07, 6.45) is 1.93. The van der Waals surface area contributed by atoms with Crippen molar-refractivity contribution in [2.45, 2.75) is 12.8 Å². The normalized spacial score (nSPS) is 29.4. The molecule has 2 rings (SSSR count). The van der Waals surface area contributed by atoms with Gasteiger partial charge in [-0.2, -0.15) is 0 Å². The molecule has 3 heteroatoms. The van der Waals surface area contributed by atoms with Gasteiger partial charge < -0.3 is 10.1 Å². The number of hydrogen-bond donors (Lipinski definition) is 1. The molecule has 1 N–H and O–H groups in total. The van der Waals surface area contributed by atoms with E-state index in [9.17, 15) is 4.79 Å². The van der Waals surface area contributed by atoms with Crippen LogP contribution in [0, 0.1) is 5.41 Å². The van der Waals surface area contributed by atoms with Gasteiger partial charge in [-0.3, -0.25) is 4.79 Å². The van der Waals surface area contributed by atoms with E-state index in [1.807, 2.05) is 0 Å². The van der Waals surface area contributed by atoms with Gasteiger partial charge in [0, 0.05) is 0 Å². The first-order chi connectivity index (χ1) is 4.83. The second-order valence-corrected chi connectivity index (χ2v) is 3.11. The van der Waals surface area contributed by atoms with Crippen LogP contribution >= 0.6 is 0 Å². The number of cyclic esters (lactones) is 1. The van der Waals surface area contributed by atoms with Crippen LogP contribution in [0.5, 0.6) is 0 Å². The maximum Gasteiger partial charge on any atom is 0.315 e. The van der Waals surface area contributed by atoms with Crippen LogP contribution in [0.4, 0.5) is 0 Å². The topological polar surface area (TPSA) is 38.3 Å². The average molecular weight is 141 g/mol. The van der Waals surface area contributed by atoms with Crippen LogP contribution in [0.3, 0.4) is 0 Å². The molecule has 2 aliphatic heterocycles. The summed E-state index contributed by atoms with van der Waals surface area (Å²) in [5.74, 6) is 0.0222. The van der Waals surface area contributed by atoms with Crippen molar-refractivity contribution in [1.82, 2.24) is 5.32 Å². The third kappa shape index (κ3) is 0.669. The van der Waals surface area contributed by atoms with Gasteiger partial charge >= 0.3 is 5.97 Å². The van der Waals surface area contributed by atoms with Crippen LogP contribution in [0.25, 0.3) is 0 Å². The molecule has 0 aromatic rings. The van der Waals surface area contributed by atoms with Crippen LogP contribution in [0.15, 0.2) is 0 Å². The Morgan fingerprint density at radius 2 is 2.10 bits per heavy atom. The van der Waals surface area contributed by atoms with E-state index in [1.165, 1.54) is 0 Å². The Morgan fingerprint density at radius 3 is 2.40 bits per heavy atom. The van der Waals surface area contributed by atoms with E-state index in [4.69, 9.17) is 4.74 Å². The molecule has 56 valence electrons. The van der Waals surface area contributed by atoms with E-state index < -0.39 is 0 Å². The number of esters is 1. The lowest BCUT2D eigenvalue weighted by Crippen LogP contribution is -2.53. The van der Waals surface area contributed by atoms with Gasteiger partial charge in [0.05, 0.1) is 0 Å². The summed E-state index contributed by atoms with van der Waals surface area (Å²) in [6, 6.07) is 0. The van der Waals surface area contributed by atoms with Gasteiger partial charge in [-0.05, 0) is 25.9 Å². The Kier molecular flexibility index (Phi) is 1.20. The first kappa shape index (κ1) is 6.16. The van der Waals surface area contributed by atoms with Crippen molar-refractivity contribution < 1.29 is 9.53 Å². The van der Waals surface area contributed by atoms with Gasteiger partial charge in [-0.25, -0.2) is 0 Å². The fourth-order valence-electron chi connectivity index (χ4n) is 1.59. The Bertz CT molecular complexity index is 161.